The molecule has 0 radical (unpaired) electrons. The van der Waals surface area contributed by atoms with Gasteiger partial charge in [0.2, 0.25) is 0 Å². The van der Waals surface area contributed by atoms with Gasteiger partial charge in [-0.15, -0.1) is 0 Å². The van der Waals surface area contributed by atoms with Crippen LogP contribution in [0.3, 0.4) is 0 Å². The van der Waals surface area contributed by atoms with Crippen LogP contribution in [0, 0.1) is 0 Å². The van der Waals surface area contributed by atoms with Gasteiger partial charge in [0, 0.05) is 29.0 Å². The molecule has 0 aliphatic carbocycles. The van der Waals surface area contributed by atoms with E-state index in [2.05, 4.69) is 20.6 Å². The number of hydrogen-bond acceptors (Lipinski definition) is 4. The van der Waals surface area contributed by atoms with Crippen LogP contribution in [0.1, 0.15) is 43.6 Å². The minimum atomic E-state index is -4.45. The van der Waals surface area contributed by atoms with Gasteiger partial charge in [-0.25, -0.2) is 0 Å². The van der Waals surface area contributed by atoms with Gasteiger partial charge in [-0.1, -0.05) is 72.8 Å². The van der Waals surface area contributed by atoms with Gasteiger partial charge in [0.05, 0.1) is 28.4 Å². The maximum absolute atomic E-state index is 13.3. The molecule has 0 unspecified atom stereocenters. The Kier molecular flexibility index (Phi) is 8.07. The number of carbonyl (C=O) groups excluding carboxylic acids is 2. The predicted molar refractivity (Wildman–Crippen MR) is 167 cm³/mol. The molecule has 9 heteroatoms. The molecule has 0 saturated carbocycles. The Hall–Kier alpha value is -5.83. The SMILES string of the molecule is O=C(N[C@@H](c1ccccc1)c1ccccn1)c1cnc2cc(NC(=O)c3ccccc3-c3ccc(C(F)(F)F)cc3)ccc2c1. The molecule has 2 heterocycles. The average Bonchev–Trinajstić information content (AvgIpc) is 3.07. The number of pyridine rings is 2. The molecule has 0 aliphatic rings. The van der Waals surface area contributed by atoms with Crippen LogP contribution in [0.4, 0.5) is 18.9 Å². The van der Waals surface area contributed by atoms with E-state index in [-0.39, 0.29) is 5.91 Å². The lowest BCUT2D eigenvalue weighted by molar-refractivity contribution is -0.137. The molecule has 6 aromatic rings. The molecule has 2 N–H and O–H groups in total. The van der Waals surface area contributed by atoms with Crippen molar-refractivity contribution in [1.82, 2.24) is 15.3 Å². The number of rotatable bonds is 7. The third-order valence-electron chi connectivity index (χ3n) is 7.29. The van der Waals surface area contributed by atoms with E-state index < -0.39 is 23.7 Å². The molecule has 0 fully saturated rings. The van der Waals surface area contributed by atoms with Gasteiger partial charge < -0.3 is 10.6 Å². The van der Waals surface area contributed by atoms with Crippen molar-refractivity contribution in [3.05, 3.63) is 162 Å². The summed E-state index contributed by atoms with van der Waals surface area (Å²) < 4.78 is 39.1. The first-order valence-corrected chi connectivity index (χ1v) is 14.0. The molecule has 1 atom stereocenters. The van der Waals surface area contributed by atoms with Gasteiger partial charge >= 0.3 is 6.18 Å². The summed E-state index contributed by atoms with van der Waals surface area (Å²) in [6.45, 7) is 0. The first kappa shape index (κ1) is 29.3. The second-order valence-corrected chi connectivity index (χ2v) is 10.3. The maximum Gasteiger partial charge on any atom is 0.416 e. The van der Waals surface area contributed by atoms with Crippen molar-refractivity contribution < 1.29 is 22.8 Å². The van der Waals surface area contributed by atoms with Crippen molar-refractivity contribution in [2.45, 2.75) is 12.2 Å². The molecule has 0 bridgehead atoms. The number of benzene rings is 4. The van der Waals surface area contributed by atoms with Crippen LogP contribution < -0.4 is 10.6 Å². The highest BCUT2D eigenvalue weighted by molar-refractivity contribution is 6.09. The van der Waals surface area contributed by atoms with Crippen LogP contribution in [-0.4, -0.2) is 21.8 Å². The Bertz CT molecular complexity index is 1940. The summed E-state index contributed by atoms with van der Waals surface area (Å²) in [6.07, 6.45) is -1.29. The summed E-state index contributed by atoms with van der Waals surface area (Å²) in [4.78, 5) is 35.5. The maximum atomic E-state index is 13.3. The quantitative estimate of drug-likeness (QED) is 0.194. The number of carbonyl (C=O) groups is 2. The van der Waals surface area contributed by atoms with Gasteiger partial charge in [0.25, 0.3) is 11.8 Å². The molecule has 6 rings (SSSR count). The minimum Gasteiger partial charge on any atom is -0.339 e. The largest absolute Gasteiger partial charge is 0.416 e. The lowest BCUT2D eigenvalue weighted by Crippen LogP contribution is -2.30. The number of nitrogens with zero attached hydrogens (tertiary/aromatic N) is 2. The number of hydrogen-bond donors (Lipinski definition) is 2. The van der Waals surface area contributed by atoms with Crippen LogP contribution >= 0.6 is 0 Å². The number of aromatic nitrogens is 2. The summed E-state index contributed by atoms with van der Waals surface area (Å²) in [5.74, 6) is -0.747. The zero-order valence-electron chi connectivity index (χ0n) is 23.6. The lowest BCUT2D eigenvalue weighted by Gasteiger charge is -2.19. The fourth-order valence-corrected chi connectivity index (χ4v) is 5.03. The normalized spacial score (nSPS) is 12.0. The molecule has 6 nitrogen and oxygen atoms in total. The molecular formula is C36H25F3N4O2. The summed E-state index contributed by atoms with van der Waals surface area (Å²) in [6, 6.07) is 32.9. The van der Waals surface area contributed by atoms with E-state index in [1.165, 1.54) is 18.3 Å². The summed E-state index contributed by atoms with van der Waals surface area (Å²) in [7, 11) is 0. The average molecular weight is 603 g/mol. The third-order valence-corrected chi connectivity index (χ3v) is 7.29. The Morgan fingerprint density at radius 1 is 0.711 bits per heavy atom. The van der Waals surface area contributed by atoms with Crippen LogP contribution in [0.2, 0.25) is 0 Å². The molecule has 0 spiro atoms. The fraction of sp³-hybridized carbons (Fsp3) is 0.0556. The second-order valence-electron chi connectivity index (χ2n) is 10.3. The third kappa shape index (κ3) is 6.57. The molecule has 2 aromatic heterocycles. The Morgan fingerprint density at radius 2 is 1.44 bits per heavy atom. The van der Waals surface area contributed by atoms with Crippen molar-refractivity contribution in [3.8, 4) is 11.1 Å². The predicted octanol–water partition coefficient (Wildman–Crippen LogP) is 8.09. The van der Waals surface area contributed by atoms with Crippen molar-refractivity contribution in [2.24, 2.45) is 0 Å². The number of alkyl halides is 3. The standard InChI is InChI=1S/C36H25F3N4O2/c37-36(38,39)27-16-13-23(14-17-27)29-10-4-5-11-30(29)35(45)42-28-18-15-25-20-26(22-41-32(25)21-28)34(44)43-33(24-8-2-1-3-9-24)31-12-6-7-19-40-31/h1-22,33H,(H,42,45)(H,43,44)/t33-/m0/s1. The van der Waals surface area contributed by atoms with E-state index in [9.17, 15) is 22.8 Å². The van der Waals surface area contributed by atoms with Gasteiger partial charge in [-0.2, -0.15) is 13.2 Å². The van der Waals surface area contributed by atoms with Crippen LogP contribution in [-0.2, 0) is 6.18 Å². The monoisotopic (exact) mass is 602 g/mol. The van der Waals surface area contributed by atoms with E-state index in [0.29, 0.717) is 44.5 Å². The van der Waals surface area contributed by atoms with E-state index in [0.717, 1.165) is 17.7 Å². The smallest absolute Gasteiger partial charge is 0.339 e. The van der Waals surface area contributed by atoms with E-state index in [1.807, 2.05) is 48.5 Å². The van der Waals surface area contributed by atoms with E-state index >= 15 is 0 Å². The fourth-order valence-electron chi connectivity index (χ4n) is 5.03. The van der Waals surface area contributed by atoms with Crippen molar-refractivity contribution in [1.29, 1.82) is 0 Å². The van der Waals surface area contributed by atoms with Crippen LogP contribution in [0.25, 0.3) is 22.0 Å². The zero-order valence-corrected chi connectivity index (χ0v) is 23.6. The van der Waals surface area contributed by atoms with Gasteiger partial charge in [-0.05, 0) is 65.2 Å². The number of fused-ring (bicyclic) bond motifs is 1. The molecule has 222 valence electrons. The summed E-state index contributed by atoms with van der Waals surface area (Å²) in [5.41, 5.74) is 3.50. The second kappa shape index (κ2) is 12.4. The van der Waals surface area contributed by atoms with Gasteiger partial charge in [0.1, 0.15) is 0 Å². The lowest BCUT2D eigenvalue weighted by atomic mass is 9.98. The van der Waals surface area contributed by atoms with E-state index in [1.54, 1.807) is 54.7 Å². The first-order valence-electron chi connectivity index (χ1n) is 14.0. The number of nitrogens with one attached hydrogen (secondary N) is 2. The Morgan fingerprint density at radius 3 is 2.18 bits per heavy atom. The topological polar surface area (TPSA) is 84.0 Å². The zero-order chi connectivity index (χ0) is 31.4. The molecule has 45 heavy (non-hydrogen) atoms. The highest BCUT2D eigenvalue weighted by Crippen LogP contribution is 2.32. The highest BCUT2D eigenvalue weighted by Gasteiger charge is 2.30. The highest BCUT2D eigenvalue weighted by atomic mass is 19.4. The number of anilines is 1. The van der Waals surface area contributed by atoms with Crippen molar-refractivity contribution >= 4 is 28.4 Å². The summed E-state index contributed by atoms with van der Waals surface area (Å²) >= 11 is 0. The summed E-state index contributed by atoms with van der Waals surface area (Å²) in [5, 5.41) is 6.61. The molecule has 0 saturated heterocycles. The Labute approximate surface area is 256 Å². The number of amides is 2. The molecule has 0 aliphatic heterocycles. The minimum absolute atomic E-state index is 0.304. The van der Waals surface area contributed by atoms with E-state index in [4.69, 9.17) is 0 Å². The van der Waals surface area contributed by atoms with Crippen LogP contribution in [0.15, 0.2) is 134 Å². The van der Waals surface area contributed by atoms with Crippen LogP contribution in [0.5, 0.6) is 0 Å². The number of halogens is 3. The molecule has 4 aromatic carbocycles. The Balaban J connectivity index is 1.20. The van der Waals surface area contributed by atoms with Gasteiger partial charge in [0.15, 0.2) is 0 Å². The molecule has 2 amide bonds. The first-order chi connectivity index (χ1) is 21.8. The van der Waals surface area contributed by atoms with Crippen molar-refractivity contribution in [3.63, 3.8) is 0 Å². The van der Waals surface area contributed by atoms with Gasteiger partial charge in [-0.3, -0.25) is 19.6 Å². The molecular weight excluding hydrogens is 577 g/mol. The van der Waals surface area contributed by atoms with Crippen molar-refractivity contribution in [2.75, 3.05) is 5.32 Å².